The molecule has 1 aliphatic heterocycles. The zero-order valence-electron chi connectivity index (χ0n) is 12.7. The second-order valence-corrected chi connectivity index (χ2v) is 5.13. The lowest BCUT2D eigenvalue weighted by molar-refractivity contribution is 0.0154. The monoisotopic (exact) mass is 309 g/mol. The summed E-state index contributed by atoms with van der Waals surface area (Å²) in [6.45, 7) is 3.76. The summed E-state index contributed by atoms with van der Waals surface area (Å²) < 4.78 is 10.3. The molecule has 2 rings (SSSR count). The Bertz CT molecular complexity index is 460. The number of carbonyl (C=O) groups is 1. The van der Waals surface area contributed by atoms with Gasteiger partial charge in [0.15, 0.2) is 0 Å². The number of hydrogen-bond donors (Lipinski definition) is 3. The topological polar surface area (TPSA) is 83.1 Å². The van der Waals surface area contributed by atoms with Crippen LogP contribution in [0.4, 0.5) is 10.5 Å². The Morgan fingerprint density at radius 1 is 1.36 bits per heavy atom. The van der Waals surface area contributed by atoms with Crippen molar-refractivity contribution in [2.45, 2.75) is 6.10 Å². The summed E-state index contributed by atoms with van der Waals surface area (Å²) in [7, 11) is 1.59. The summed E-state index contributed by atoms with van der Waals surface area (Å²) in [6.07, 6.45) is -0.597. The third-order valence-electron chi connectivity index (χ3n) is 3.42. The molecule has 1 aromatic carbocycles. The Morgan fingerprint density at radius 2 is 2.05 bits per heavy atom. The lowest BCUT2D eigenvalue weighted by Gasteiger charge is -2.28. The van der Waals surface area contributed by atoms with Crippen molar-refractivity contribution in [2.24, 2.45) is 0 Å². The average Bonchev–Trinajstić information content (AvgIpc) is 2.55. The second kappa shape index (κ2) is 8.57. The Hall–Kier alpha value is -1.83. The van der Waals surface area contributed by atoms with Crippen molar-refractivity contribution in [3.63, 3.8) is 0 Å². The molecule has 0 aromatic heterocycles. The first-order valence-electron chi connectivity index (χ1n) is 7.34. The number of benzene rings is 1. The van der Waals surface area contributed by atoms with E-state index in [1.54, 1.807) is 31.4 Å². The third-order valence-corrected chi connectivity index (χ3v) is 3.42. The van der Waals surface area contributed by atoms with E-state index in [2.05, 4.69) is 15.5 Å². The molecule has 0 bridgehead atoms. The minimum Gasteiger partial charge on any atom is -0.497 e. The molecule has 1 heterocycles. The van der Waals surface area contributed by atoms with Crippen LogP contribution < -0.4 is 15.4 Å². The van der Waals surface area contributed by atoms with Gasteiger partial charge >= 0.3 is 6.03 Å². The summed E-state index contributed by atoms with van der Waals surface area (Å²) in [6, 6.07) is 6.70. The predicted molar refractivity (Wildman–Crippen MR) is 83.3 cm³/mol. The van der Waals surface area contributed by atoms with Crippen molar-refractivity contribution in [3.05, 3.63) is 24.3 Å². The highest BCUT2D eigenvalue weighted by atomic mass is 16.5. The molecule has 7 nitrogen and oxygen atoms in total. The molecule has 0 radical (unpaired) electrons. The molecule has 1 aliphatic rings. The molecule has 1 atom stereocenters. The second-order valence-electron chi connectivity index (χ2n) is 5.13. The highest BCUT2D eigenvalue weighted by Gasteiger charge is 2.15. The van der Waals surface area contributed by atoms with Crippen LogP contribution in [0.25, 0.3) is 0 Å². The number of nitrogens with one attached hydrogen (secondary N) is 2. The van der Waals surface area contributed by atoms with Gasteiger partial charge in [-0.05, 0) is 24.3 Å². The van der Waals surface area contributed by atoms with Gasteiger partial charge in [-0.15, -0.1) is 0 Å². The minimum absolute atomic E-state index is 0.208. The zero-order valence-corrected chi connectivity index (χ0v) is 12.7. The van der Waals surface area contributed by atoms with E-state index in [1.807, 2.05) is 0 Å². The summed E-state index contributed by atoms with van der Waals surface area (Å²) in [4.78, 5) is 13.9. The quantitative estimate of drug-likeness (QED) is 0.713. The summed E-state index contributed by atoms with van der Waals surface area (Å²) >= 11 is 0. The number of anilines is 1. The summed E-state index contributed by atoms with van der Waals surface area (Å²) in [5, 5.41) is 15.3. The molecule has 0 spiro atoms. The number of nitrogens with zero attached hydrogens (tertiary/aromatic N) is 1. The normalized spacial score (nSPS) is 16.8. The number of urea groups is 1. The molecular weight excluding hydrogens is 286 g/mol. The van der Waals surface area contributed by atoms with Gasteiger partial charge in [0.2, 0.25) is 0 Å². The maximum absolute atomic E-state index is 11.8. The third kappa shape index (κ3) is 5.51. The van der Waals surface area contributed by atoms with E-state index in [-0.39, 0.29) is 12.6 Å². The molecule has 1 fully saturated rings. The standard InChI is InChI=1S/C15H23N3O4/c1-21-14-4-2-12(3-5-14)17-15(20)16-10-13(19)11-18-6-8-22-9-7-18/h2-5,13,19H,6-11H2,1H3,(H2,16,17,20)/t13-/m0/s1. The van der Waals surface area contributed by atoms with Gasteiger partial charge in [-0.3, -0.25) is 4.90 Å². The molecule has 7 heteroatoms. The molecule has 1 aromatic rings. The average molecular weight is 309 g/mol. The van der Waals surface area contributed by atoms with Gasteiger partial charge < -0.3 is 25.2 Å². The number of carbonyl (C=O) groups excluding carboxylic acids is 1. The number of β-amino-alcohol motifs (C(OH)–C–C–N with tert-alkyl or cyclic N) is 1. The number of rotatable bonds is 6. The fourth-order valence-corrected chi connectivity index (χ4v) is 2.21. The van der Waals surface area contributed by atoms with Crippen LogP contribution in [0, 0.1) is 0 Å². The number of morpholine rings is 1. The van der Waals surface area contributed by atoms with Crippen molar-refractivity contribution in [3.8, 4) is 5.75 Å². The molecule has 22 heavy (non-hydrogen) atoms. The molecule has 1 saturated heterocycles. The van der Waals surface area contributed by atoms with E-state index in [9.17, 15) is 9.90 Å². The molecule has 3 N–H and O–H groups in total. The summed E-state index contributed by atoms with van der Waals surface area (Å²) in [5.74, 6) is 0.729. The molecule has 122 valence electrons. The number of methoxy groups -OCH3 is 1. The Balaban J connectivity index is 1.67. The van der Waals surface area contributed by atoms with Gasteiger partial charge in [-0.1, -0.05) is 0 Å². The largest absolute Gasteiger partial charge is 0.497 e. The van der Waals surface area contributed by atoms with Crippen molar-refractivity contribution in [2.75, 3.05) is 51.8 Å². The lowest BCUT2D eigenvalue weighted by Crippen LogP contribution is -2.45. The van der Waals surface area contributed by atoms with E-state index in [0.717, 1.165) is 18.8 Å². The first kappa shape index (κ1) is 16.5. The zero-order chi connectivity index (χ0) is 15.8. The highest BCUT2D eigenvalue weighted by Crippen LogP contribution is 2.14. The maximum atomic E-state index is 11.8. The van der Waals surface area contributed by atoms with Crippen LogP contribution in [-0.4, -0.2) is 68.6 Å². The molecule has 2 amide bonds. The Labute approximate surface area is 130 Å². The van der Waals surface area contributed by atoms with Crippen LogP contribution in [0.2, 0.25) is 0 Å². The summed E-state index contributed by atoms with van der Waals surface area (Å²) in [5.41, 5.74) is 0.668. The first-order chi connectivity index (χ1) is 10.7. The number of aliphatic hydroxyl groups is 1. The van der Waals surface area contributed by atoms with E-state index in [4.69, 9.17) is 9.47 Å². The SMILES string of the molecule is COc1ccc(NC(=O)NC[C@H](O)CN2CCOCC2)cc1. The smallest absolute Gasteiger partial charge is 0.319 e. The van der Waals surface area contributed by atoms with E-state index >= 15 is 0 Å². The highest BCUT2D eigenvalue weighted by molar-refractivity contribution is 5.89. The number of aliphatic hydroxyl groups excluding tert-OH is 1. The van der Waals surface area contributed by atoms with Crippen LogP contribution in [0.5, 0.6) is 5.75 Å². The fraction of sp³-hybridized carbons (Fsp3) is 0.533. The lowest BCUT2D eigenvalue weighted by atomic mass is 10.3. The Morgan fingerprint density at radius 3 is 2.68 bits per heavy atom. The molecule has 0 unspecified atom stereocenters. The van der Waals surface area contributed by atoms with Crippen molar-refractivity contribution >= 4 is 11.7 Å². The van der Waals surface area contributed by atoms with Crippen LogP contribution in [0.15, 0.2) is 24.3 Å². The van der Waals surface area contributed by atoms with Gasteiger partial charge in [0.05, 0.1) is 26.4 Å². The molecular formula is C15H23N3O4. The number of ether oxygens (including phenoxy) is 2. The van der Waals surface area contributed by atoms with Crippen molar-refractivity contribution < 1.29 is 19.4 Å². The molecule has 0 saturated carbocycles. The van der Waals surface area contributed by atoms with Gasteiger partial charge in [0.25, 0.3) is 0 Å². The maximum Gasteiger partial charge on any atom is 0.319 e. The van der Waals surface area contributed by atoms with Crippen molar-refractivity contribution in [1.82, 2.24) is 10.2 Å². The fourth-order valence-electron chi connectivity index (χ4n) is 2.21. The minimum atomic E-state index is -0.597. The number of amides is 2. The van der Waals surface area contributed by atoms with Crippen LogP contribution in [0.3, 0.4) is 0 Å². The van der Waals surface area contributed by atoms with Gasteiger partial charge in [-0.2, -0.15) is 0 Å². The first-order valence-corrected chi connectivity index (χ1v) is 7.34. The van der Waals surface area contributed by atoms with E-state index < -0.39 is 6.10 Å². The van der Waals surface area contributed by atoms with E-state index in [1.165, 1.54) is 0 Å². The van der Waals surface area contributed by atoms with Crippen LogP contribution in [-0.2, 0) is 4.74 Å². The van der Waals surface area contributed by atoms with Gasteiger partial charge in [-0.25, -0.2) is 4.79 Å². The number of hydrogen-bond acceptors (Lipinski definition) is 5. The van der Waals surface area contributed by atoms with Crippen LogP contribution in [0.1, 0.15) is 0 Å². The predicted octanol–water partition coefficient (Wildman–Crippen LogP) is 0.510. The Kier molecular flexibility index (Phi) is 6.45. The van der Waals surface area contributed by atoms with E-state index in [0.29, 0.717) is 25.4 Å². The molecule has 0 aliphatic carbocycles. The van der Waals surface area contributed by atoms with Gasteiger partial charge in [0.1, 0.15) is 5.75 Å². The van der Waals surface area contributed by atoms with Gasteiger partial charge in [0, 0.05) is 31.9 Å². The van der Waals surface area contributed by atoms with Crippen LogP contribution >= 0.6 is 0 Å². The van der Waals surface area contributed by atoms with Crippen molar-refractivity contribution in [1.29, 1.82) is 0 Å².